The number of esters is 1. The predicted octanol–water partition coefficient (Wildman–Crippen LogP) is 7.78. The molecular formula is C35H28O4. The van der Waals surface area contributed by atoms with Crippen molar-refractivity contribution < 1.29 is 19.1 Å². The number of ether oxygens (including phenoxy) is 2. The highest BCUT2D eigenvalue weighted by molar-refractivity contribution is 6.40. The van der Waals surface area contributed by atoms with Crippen LogP contribution in [0.25, 0.3) is 11.1 Å². The van der Waals surface area contributed by atoms with Crippen LogP contribution in [0, 0.1) is 0 Å². The van der Waals surface area contributed by atoms with E-state index in [9.17, 15) is 9.59 Å². The lowest BCUT2D eigenvalue weighted by molar-refractivity contribution is -0.154. The minimum absolute atomic E-state index is 0.282. The van der Waals surface area contributed by atoms with Gasteiger partial charge in [-0.05, 0) is 27.8 Å². The van der Waals surface area contributed by atoms with E-state index in [0.717, 1.165) is 27.8 Å². The van der Waals surface area contributed by atoms with E-state index in [2.05, 4.69) is 24.3 Å². The highest BCUT2D eigenvalue weighted by atomic mass is 16.6. The predicted molar refractivity (Wildman–Crippen MR) is 152 cm³/mol. The van der Waals surface area contributed by atoms with Crippen LogP contribution in [0.4, 0.5) is 0 Å². The quantitative estimate of drug-likeness (QED) is 0.109. The standard InChI is InChI=1S/C35H28O4/c36-32(29-15-7-2-8-16-29)35(37)39-34(31-19-11-4-12-20-31)33(30-17-9-3-10-18-30)38-25-26-21-23-28(24-22-26)27-13-5-1-6-14-27/h1-24,33-34H,25H2/t33-,34-/m1/s1. The topological polar surface area (TPSA) is 52.6 Å². The van der Waals surface area contributed by atoms with E-state index in [0.29, 0.717) is 6.61 Å². The Labute approximate surface area is 228 Å². The second-order valence-corrected chi connectivity index (χ2v) is 9.14. The number of hydrogen-bond acceptors (Lipinski definition) is 4. The molecule has 0 fully saturated rings. The van der Waals surface area contributed by atoms with Crippen molar-refractivity contribution in [3.63, 3.8) is 0 Å². The molecule has 0 radical (unpaired) electrons. The van der Waals surface area contributed by atoms with Gasteiger partial charge in [0.15, 0.2) is 6.10 Å². The van der Waals surface area contributed by atoms with Crippen LogP contribution in [0.15, 0.2) is 146 Å². The highest BCUT2D eigenvalue weighted by Crippen LogP contribution is 2.36. The Morgan fingerprint density at radius 2 is 0.974 bits per heavy atom. The van der Waals surface area contributed by atoms with Crippen LogP contribution in [-0.2, 0) is 20.9 Å². The van der Waals surface area contributed by atoms with E-state index in [-0.39, 0.29) is 5.56 Å². The fraction of sp³-hybridized carbons (Fsp3) is 0.0857. The maximum absolute atomic E-state index is 13.1. The third-order valence-electron chi connectivity index (χ3n) is 6.48. The normalized spacial score (nSPS) is 12.3. The monoisotopic (exact) mass is 512 g/mol. The Hall–Kier alpha value is -4.80. The largest absolute Gasteiger partial charge is 0.448 e. The van der Waals surface area contributed by atoms with Gasteiger partial charge >= 0.3 is 5.97 Å². The molecule has 5 aromatic rings. The molecule has 5 rings (SSSR count). The van der Waals surface area contributed by atoms with Gasteiger partial charge in [0, 0.05) is 5.56 Å². The van der Waals surface area contributed by atoms with Crippen molar-refractivity contribution in [2.75, 3.05) is 0 Å². The molecule has 0 bridgehead atoms. The molecule has 0 heterocycles. The number of ketones is 1. The van der Waals surface area contributed by atoms with Crippen molar-refractivity contribution in [2.24, 2.45) is 0 Å². The Bertz CT molecular complexity index is 1480. The molecule has 0 aromatic heterocycles. The summed E-state index contributed by atoms with van der Waals surface area (Å²) in [6.07, 6.45) is -1.48. The van der Waals surface area contributed by atoms with Crippen LogP contribution in [0.2, 0.25) is 0 Å². The van der Waals surface area contributed by atoms with Gasteiger partial charge in [-0.25, -0.2) is 4.79 Å². The first kappa shape index (κ1) is 25.8. The number of benzene rings is 5. The second kappa shape index (κ2) is 12.6. The summed E-state index contributed by atoms with van der Waals surface area (Å²) < 4.78 is 12.4. The van der Waals surface area contributed by atoms with Gasteiger partial charge in [-0.1, -0.05) is 146 Å². The van der Waals surface area contributed by atoms with E-state index < -0.39 is 24.0 Å². The number of Topliss-reactive ketones (excluding diaryl/α,β-unsaturated/α-hetero) is 1. The molecule has 5 aromatic carbocycles. The second-order valence-electron chi connectivity index (χ2n) is 9.14. The molecule has 2 atom stereocenters. The molecule has 0 aliphatic heterocycles. The Kier molecular flexibility index (Phi) is 8.37. The van der Waals surface area contributed by atoms with Crippen molar-refractivity contribution >= 4 is 11.8 Å². The number of carbonyl (C=O) groups excluding carboxylic acids is 2. The summed E-state index contributed by atoms with van der Waals surface area (Å²) in [6, 6.07) is 45.8. The summed E-state index contributed by atoms with van der Waals surface area (Å²) in [6.45, 7) is 0.294. The minimum Gasteiger partial charge on any atom is -0.448 e. The fourth-order valence-corrected chi connectivity index (χ4v) is 4.43. The van der Waals surface area contributed by atoms with Crippen molar-refractivity contribution in [2.45, 2.75) is 18.8 Å². The first-order chi connectivity index (χ1) is 19.2. The molecule has 0 saturated carbocycles. The molecule has 0 N–H and O–H groups in total. The zero-order valence-electron chi connectivity index (χ0n) is 21.4. The molecule has 0 unspecified atom stereocenters. The lowest BCUT2D eigenvalue weighted by Crippen LogP contribution is -2.25. The van der Waals surface area contributed by atoms with Crippen LogP contribution >= 0.6 is 0 Å². The van der Waals surface area contributed by atoms with Crippen LogP contribution < -0.4 is 0 Å². The zero-order valence-corrected chi connectivity index (χ0v) is 21.4. The number of hydrogen-bond donors (Lipinski definition) is 0. The molecule has 0 aliphatic carbocycles. The van der Waals surface area contributed by atoms with Crippen molar-refractivity contribution in [3.05, 3.63) is 168 Å². The smallest absolute Gasteiger partial charge is 0.380 e. The first-order valence-electron chi connectivity index (χ1n) is 12.9. The SMILES string of the molecule is O=C(O[C@H](c1ccccc1)[C@H](OCc1ccc(-c2ccccc2)cc1)c1ccccc1)C(=O)c1ccccc1. The third-order valence-corrected chi connectivity index (χ3v) is 6.48. The highest BCUT2D eigenvalue weighted by Gasteiger charge is 2.32. The van der Waals surface area contributed by atoms with Gasteiger partial charge in [0.1, 0.15) is 6.10 Å². The average molecular weight is 513 g/mol. The van der Waals surface area contributed by atoms with Crippen LogP contribution in [-0.4, -0.2) is 11.8 Å². The van der Waals surface area contributed by atoms with Gasteiger partial charge in [0.05, 0.1) is 6.61 Å². The number of carbonyl (C=O) groups is 2. The molecule has 0 saturated heterocycles. The minimum atomic E-state index is -0.924. The summed E-state index contributed by atoms with van der Waals surface area (Å²) in [5.41, 5.74) is 5.10. The fourth-order valence-electron chi connectivity index (χ4n) is 4.43. The van der Waals surface area contributed by atoms with Gasteiger partial charge in [-0.3, -0.25) is 4.79 Å². The first-order valence-corrected chi connectivity index (χ1v) is 12.9. The molecule has 0 amide bonds. The molecule has 39 heavy (non-hydrogen) atoms. The summed E-state index contributed by atoms with van der Waals surface area (Å²) in [7, 11) is 0. The molecule has 0 aliphatic rings. The average Bonchev–Trinajstić information content (AvgIpc) is 3.02. The number of rotatable bonds is 10. The summed E-state index contributed by atoms with van der Waals surface area (Å²) >= 11 is 0. The van der Waals surface area contributed by atoms with E-state index >= 15 is 0 Å². The summed E-state index contributed by atoms with van der Waals surface area (Å²) in [5.74, 6) is -1.62. The van der Waals surface area contributed by atoms with Crippen LogP contribution in [0.5, 0.6) is 0 Å². The summed E-state index contributed by atoms with van der Waals surface area (Å²) in [4.78, 5) is 26.0. The Morgan fingerprint density at radius 3 is 1.54 bits per heavy atom. The third kappa shape index (κ3) is 6.56. The van der Waals surface area contributed by atoms with E-state index in [4.69, 9.17) is 9.47 Å². The van der Waals surface area contributed by atoms with Gasteiger partial charge in [0.25, 0.3) is 5.78 Å². The van der Waals surface area contributed by atoms with Crippen molar-refractivity contribution in [3.8, 4) is 11.1 Å². The zero-order chi connectivity index (χ0) is 26.9. The molecular weight excluding hydrogens is 484 g/mol. The molecule has 4 heteroatoms. The maximum Gasteiger partial charge on any atom is 0.380 e. The van der Waals surface area contributed by atoms with Crippen LogP contribution in [0.3, 0.4) is 0 Å². The van der Waals surface area contributed by atoms with E-state index in [1.54, 1.807) is 30.3 Å². The molecule has 192 valence electrons. The van der Waals surface area contributed by atoms with Crippen molar-refractivity contribution in [1.29, 1.82) is 0 Å². The molecule has 4 nitrogen and oxygen atoms in total. The Morgan fingerprint density at radius 1 is 0.513 bits per heavy atom. The van der Waals surface area contributed by atoms with Gasteiger partial charge < -0.3 is 9.47 Å². The van der Waals surface area contributed by atoms with Crippen LogP contribution in [0.1, 0.15) is 39.3 Å². The van der Waals surface area contributed by atoms with Gasteiger partial charge in [-0.15, -0.1) is 0 Å². The Balaban J connectivity index is 1.42. The summed E-state index contributed by atoms with van der Waals surface area (Å²) in [5, 5.41) is 0. The lowest BCUT2D eigenvalue weighted by atomic mass is 9.97. The maximum atomic E-state index is 13.1. The van der Waals surface area contributed by atoms with Crippen molar-refractivity contribution in [1.82, 2.24) is 0 Å². The molecule has 0 spiro atoms. The van der Waals surface area contributed by atoms with Gasteiger partial charge in [-0.2, -0.15) is 0 Å². The van der Waals surface area contributed by atoms with E-state index in [1.807, 2.05) is 91.0 Å². The van der Waals surface area contributed by atoms with E-state index in [1.165, 1.54) is 0 Å². The van der Waals surface area contributed by atoms with Gasteiger partial charge in [0.2, 0.25) is 0 Å². The lowest BCUT2D eigenvalue weighted by Gasteiger charge is -2.28.